The predicted molar refractivity (Wildman–Crippen MR) is 50.7 cm³/mol. The average Bonchev–Trinajstić information content (AvgIpc) is 2.14. The minimum absolute atomic E-state index is 0.0143. The molecule has 0 spiro atoms. The molecule has 1 heterocycles. The van der Waals surface area contributed by atoms with Gasteiger partial charge >= 0.3 is 0 Å². The van der Waals surface area contributed by atoms with Gasteiger partial charge < -0.3 is 21.5 Å². The summed E-state index contributed by atoms with van der Waals surface area (Å²) in [6.45, 7) is -0.0143. The average molecular weight is 197 g/mol. The molecule has 0 aliphatic heterocycles. The van der Waals surface area contributed by atoms with Gasteiger partial charge in [0.05, 0.1) is 13.7 Å². The summed E-state index contributed by atoms with van der Waals surface area (Å²) in [6.07, 6.45) is 0. The van der Waals surface area contributed by atoms with Crippen molar-refractivity contribution in [1.29, 1.82) is 0 Å². The molecule has 0 aliphatic rings. The van der Waals surface area contributed by atoms with Gasteiger partial charge in [0.2, 0.25) is 17.7 Å². The second kappa shape index (κ2) is 4.26. The monoisotopic (exact) mass is 197 g/mol. The molecular formula is C7H11N5O2. The van der Waals surface area contributed by atoms with Crippen molar-refractivity contribution in [3.63, 3.8) is 0 Å². The van der Waals surface area contributed by atoms with E-state index in [2.05, 4.69) is 15.3 Å². The minimum atomic E-state index is -0.485. The molecule has 0 unspecified atom stereocenters. The summed E-state index contributed by atoms with van der Waals surface area (Å²) in [5.74, 6) is 0.301. The topological polar surface area (TPSA) is 116 Å². The Morgan fingerprint density at radius 3 is 2.93 bits per heavy atom. The van der Waals surface area contributed by atoms with Gasteiger partial charge in [0.25, 0.3) is 0 Å². The van der Waals surface area contributed by atoms with Crippen LogP contribution in [0.3, 0.4) is 0 Å². The number of nitrogens with one attached hydrogen (secondary N) is 1. The summed E-state index contributed by atoms with van der Waals surface area (Å²) in [5.41, 5.74) is 10.3. The van der Waals surface area contributed by atoms with Crippen LogP contribution in [-0.2, 0) is 4.79 Å². The molecule has 7 nitrogen and oxygen atoms in total. The standard InChI is InChI=1S/C7H11N5O2/c1-14-6-2-5(10-3-4(8)13)11-7(9)12-6/h2H,3H2,1H3,(H2,8,13)(H3,9,10,11,12). The molecule has 0 saturated carbocycles. The van der Waals surface area contributed by atoms with E-state index in [0.29, 0.717) is 11.7 Å². The number of rotatable bonds is 4. The van der Waals surface area contributed by atoms with Crippen LogP contribution in [0.2, 0.25) is 0 Å². The molecule has 1 aromatic rings. The Balaban J connectivity index is 2.76. The van der Waals surface area contributed by atoms with Gasteiger partial charge in [-0.15, -0.1) is 0 Å². The number of nitrogens with two attached hydrogens (primary N) is 2. The normalized spacial score (nSPS) is 9.50. The Bertz CT molecular complexity index is 341. The first-order valence-electron chi connectivity index (χ1n) is 3.82. The number of nitrogens with zero attached hydrogens (tertiary/aromatic N) is 2. The molecule has 0 radical (unpaired) electrons. The molecule has 0 aromatic carbocycles. The van der Waals surface area contributed by atoms with Crippen molar-refractivity contribution in [3.05, 3.63) is 6.07 Å². The molecule has 0 atom stereocenters. The summed E-state index contributed by atoms with van der Waals surface area (Å²) in [5, 5.41) is 2.67. The van der Waals surface area contributed by atoms with Crippen LogP contribution in [-0.4, -0.2) is 29.5 Å². The van der Waals surface area contributed by atoms with E-state index in [4.69, 9.17) is 16.2 Å². The Morgan fingerprint density at radius 2 is 2.36 bits per heavy atom. The zero-order chi connectivity index (χ0) is 10.6. The Hall–Kier alpha value is -2.05. The summed E-state index contributed by atoms with van der Waals surface area (Å²) < 4.78 is 4.86. The van der Waals surface area contributed by atoms with Gasteiger partial charge in [-0.1, -0.05) is 0 Å². The number of aromatic nitrogens is 2. The van der Waals surface area contributed by atoms with E-state index in [-0.39, 0.29) is 12.5 Å². The summed E-state index contributed by atoms with van der Waals surface area (Å²) in [6, 6.07) is 1.51. The number of hydrogen-bond donors (Lipinski definition) is 3. The first kappa shape index (κ1) is 10.0. The van der Waals surface area contributed by atoms with Gasteiger partial charge in [-0.05, 0) is 0 Å². The summed E-state index contributed by atoms with van der Waals surface area (Å²) in [4.78, 5) is 18.1. The number of ether oxygens (including phenoxy) is 1. The van der Waals surface area contributed by atoms with Crippen molar-refractivity contribution < 1.29 is 9.53 Å². The van der Waals surface area contributed by atoms with Crippen LogP contribution >= 0.6 is 0 Å². The summed E-state index contributed by atoms with van der Waals surface area (Å²) in [7, 11) is 1.46. The summed E-state index contributed by atoms with van der Waals surface area (Å²) >= 11 is 0. The minimum Gasteiger partial charge on any atom is -0.481 e. The van der Waals surface area contributed by atoms with Crippen molar-refractivity contribution in [2.45, 2.75) is 0 Å². The van der Waals surface area contributed by atoms with Crippen molar-refractivity contribution in [3.8, 4) is 5.88 Å². The second-order valence-corrected chi connectivity index (χ2v) is 2.47. The molecule has 0 fully saturated rings. The van der Waals surface area contributed by atoms with Crippen LogP contribution in [0.4, 0.5) is 11.8 Å². The molecule has 14 heavy (non-hydrogen) atoms. The maximum absolute atomic E-state index is 10.5. The van der Waals surface area contributed by atoms with E-state index >= 15 is 0 Å². The Labute approximate surface area is 80.5 Å². The smallest absolute Gasteiger partial charge is 0.236 e. The highest BCUT2D eigenvalue weighted by molar-refractivity contribution is 5.78. The molecule has 7 heteroatoms. The predicted octanol–water partition coefficient (Wildman–Crippen LogP) is -1.04. The molecule has 5 N–H and O–H groups in total. The third kappa shape index (κ3) is 2.77. The number of primary amides is 1. The van der Waals surface area contributed by atoms with Gasteiger partial charge in [0, 0.05) is 6.07 Å². The van der Waals surface area contributed by atoms with Crippen molar-refractivity contribution in [2.24, 2.45) is 5.73 Å². The number of hydrogen-bond acceptors (Lipinski definition) is 6. The van der Waals surface area contributed by atoms with Gasteiger partial charge in [0.1, 0.15) is 5.82 Å². The lowest BCUT2D eigenvalue weighted by molar-refractivity contribution is -0.116. The first-order valence-corrected chi connectivity index (χ1v) is 3.82. The van der Waals surface area contributed by atoms with Crippen molar-refractivity contribution in [1.82, 2.24) is 9.97 Å². The fourth-order valence-electron chi connectivity index (χ4n) is 0.816. The Kier molecular flexibility index (Phi) is 3.05. The highest BCUT2D eigenvalue weighted by atomic mass is 16.5. The van der Waals surface area contributed by atoms with Crippen LogP contribution in [0, 0.1) is 0 Å². The van der Waals surface area contributed by atoms with E-state index < -0.39 is 5.91 Å². The van der Waals surface area contributed by atoms with E-state index in [1.807, 2.05) is 0 Å². The number of nitrogen functional groups attached to an aromatic ring is 1. The lowest BCUT2D eigenvalue weighted by Gasteiger charge is -2.05. The quantitative estimate of drug-likeness (QED) is 0.568. The third-order valence-corrected chi connectivity index (χ3v) is 1.37. The lowest BCUT2D eigenvalue weighted by atomic mass is 10.5. The molecule has 76 valence electrons. The van der Waals surface area contributed by atoms with Crippen LogP contribution in [0.15, 0.2) is 6.07 Å². The van der Waals surface area contributed by atoms with Crippen LogP contribution in [0.1, 0.15) is 0 Å². The van der Waals surface area contributed by atoms with E-state index in [1.54, 1.807) is 0 Å². The Morgan fingerprint density at radius 1 is 1.64 bits per heavy atom. The highest BCUT2D eigenvalue weighted by Gasteiger charge is 2.02. The number of carbonyl (C=O) groups excluding carboxylic acids is 1. The number of carbonyl (C=O) groups is 1. The fraction of sp³-hybridized carbons (Fsp3) is 0.286. The van der Waals surface area contributed by atoms with E-state index in [9.17, 15) is 4.79 Å². The van der Waals surface area contributed by atoms with Gasteiger partial charge in [0.15, 0.2) is 0 Å². The highest BCUT2D eigenvalue weighted by Crippen LogP contribution is 2.13. The van der Waals surface area contributed by atoms with Crippen LogP contribution in [0.25, 0.3) is 0 Å². The number of amides is 1. The maximum atomic E-state index is 10.5. The third-order valence-electron chi connectivity index (χ3n) is 1.37. The van der Waals surface area contributed by atoms with Gasteiger partial charge in [-0.2, -0.15) is 9.97 Å². The number of anilines is 2. The van der Waals surface area contributed by atoms with Gasteiger partial charge in [-0.25, -0.2) is 0 Å². The van der Waals surface area contributed by atoms with E-state index in [1.165, 1.54) is 13.2 Å². The van der Waals surface area contributed by atoms with Crippen LogP contribution < -0.4 is 21.5 Å². The molecule has 1 rings (SSSR count). The lowest BCUT2D eigenvalue weighted by Crippen LogP contribution is -2.22. The molecule has 1 aromatic heterocycles. The van der Waals surface area contributed by atoms with Crippen molar-refractivity contribution >= 4 is 17.7 Å². The largest absolute Gasteiger partial charge is 0.481 e. The van der Waals surface area contributed by atoms with Gasteiger partial charge in [-0.3, -0.25) is 4.79 Å². The van der Waals surface area contributed by atoms with Crippen molar-refractivity contribution in [2.75, 3.05) is 24.7 Å². The van der Waals surface area contributed by atoms with E-state index in [0.717, 1.165) is 0 Å². The fourth-order valence-corrected chi connectivity index (χ4v) is 0.816. The zero-order valence-electron chi connectivity index (χ0n) is 7.65. The first-order chi connectivity index (χ1) is 6.61. The molecular weight excluding hydrogens is 186 g/mol. The SMILES string of the molecule is COc1cc(NCC(N)=O)nc(N)n1. The van der Waals surface area contributed by atoms with Crippen LogP contribution in [0.5, 0.6) is 5.88 Å². The molecule has 1 amide bonds. The number of methoxy groups -OCH3 is 1. The molecule has 0 bridgehead atoms. The maximum Gasteiger partial charge on any atom is 0.236 e. The zero-order valence-corrected chi connectivity index (χ0v) is 7.65. The molecule has 0 saturated heterocycles. The second-order valence-electron chi connectivity index (χ2n) is 2.47. The molecule has 0 aliphatic carbocycles.